The predicted octanol–water partition coefficient (Wildman–Crippen LogP) is 3.40. The molecule has 130 valence electrons. The molecule has 0 atom stereocenters. The number of rotatable bonds is 5. The van der Waals surface area contributed by atoms with Crippen LogP contribution in [-0.4, -0.2) is 47.2 Å². The van der Waals surface area contributed by atoms with Crippen molar-refractivity contribution >= 4 is 23.5 Å². The summed E-state index contributed by atoms with van der Waals surface area (Å²) in [5.74, 6) is 0. The molecule has 0 saturated carbocycles. The summed E-state index contributed by atoms with van der Waals surface area (Å²) in [7, 11) is 0. The summed E-state index contributed by atoms with van der Waals surface area (Å²) in [5, 5.41) is 17.9. The molecule has 0 aliphatic carbocycles. The Kier molecular flexibility index (Phi) is 5.63. The van der Waals surface area contributed by atoms with Gasteiger partial charge in [0.1, 0.15) is 0 Å². The van der Waals surface area contributed by atoms with Crippen molar-refractivity contribution in [2.45, 2.75) is 6.54 Å². The van der Waals surface area contributed by atoms with Gasteiger partial charge in [0, 0.05) is 49.9 Å². The molecule has 0 spiro atoms. The van der Waals surface area contributed by atoms with Gasteiger partial charge in [-0.15, -0.1) is 0 Å². The molecule has 0 bridgehead atoms. The van der Waals surface area contributed by atoms with Crippen molar-refractivity contribution in [1.82, 2.24) is 9.91 Å². The fraction of sp³-hybridized carbons (Fsp3) is 0.278. The van der Waals surface area contributed by atoms with E-state index in [1.165, 1.54) is 12.1 Å². The molecule has 2 aromatic carbocycles. The second-order valence-corrected chi connectivity index (χ2v) is 6.32. The van der Waals surface area contributed by atoms with E-state index in [2.05, 4.69) is 16.1 Å². The molecule has 6 nitrogen and oxygen atoms in total. The number of hydrazone groups is 1. The molecule has 1 fully saturated rings. The highest BCUT2D eigenvalue weighted by molar-refractivity contribution is 6.31. The van der Waals surface area contributed by atoms with Gasteiger partial charge in [0.15, 0.2) is 0 Å². The first-order valence-electron chi connectivity index (χ1n) is 8.11. The molecule has 0 radical (unpaired) electrons. The molecule has 1 aliphatic rings. The van der Waals surface area contributed by atoms with Crippen molar-refractivity contribution in [3.05, 3.63) is 74.8 Å². The Morgan fingerprint density at radius 1 is 1.08 bits per heavy atom. The van der Waals surface area contributed by atoms with Gasteiger partial charge in [-0.1, -0.05) is 29.8 Å². The number of hydrogen-bond donors (Lipinski definition) is 0. The third-order valence-electron chi connectivity index (χ3n) is 4.17. The number of nitrogens with zero attached hydrogens (tertiary/aromatic N) is 4. The fourth-order valence-corrected chi connectivity index (χ4v) is 2.90. The van der Waals surface area contributed by atoms with E-state index in [-0.39, 0.29) is 5.69 Å². The first kappa shape index (κ1) is 17.4. The smallest absolute Gasteiger partial charge is 0.269 e. The van der Waals surface area contributed by atoms with E-state index >= 15 is 0 Å². The summed E-state index contributed by atoms with van der Waals surface area (Å²) in [6.07, 6.45) is 1.74. The van der Waals surface area contributed by atoms with Crippen LogP contribution in [0, 0.1) is 10.1 Å². The minimum atomic E-state index is -0.404. The predicted molar refractivity (Wildman–Crippen MR) is 99.0 cm³/mol. The van der Waals surface area contributed by atoms with E-state index in [1.54, 1.807) is 18.3 Å². The number of nitro groups is 1. The summed E-state index contributed by atoms with van der Waals surface area (Å²) < 4.78 is 0. The van der Waals surface area contributed by atoms with Crippen LogP contribution in [0.2, 0.25) is 5.02 Å². The third kappa shape index (κ3) is 4.78. The lowest BCUT2D eigenvalue weighted by molar-refractivity contribution is -0.384. The van der Waals surface area contributed by atoms with Gasteiger partial charge in [-0.3, -0.25) is 20.0 Å². The molecule has 3 rings (SSSR count). The van der Waals surface area contributed by atoms with Gasteiger partial charge < -0.3 is 0 Å². The van der Waals surface area contributed by atoms with E-state index < -0.39 is 4.92 Å². The van der Waals surface area contributed by atoms with Gasteiger partial charge in [0.25, 0.3) is 5.69 Å². The highest BCUT2D eigenvalue weighted by atomic mass is 35.5. The number of non-ortho nitro benzene ring substituents is 1. The van der Waals surface area contributed by atoms with E-state index in [0.29, 0.717) is 0 Å². The molecule has 0 aromatic heterocycles. The first-order valence-corrected chi connectivity index (χ1v) is 8.49. The average molecular weight is 359 g/mol. The highest BCUT2D eigenvalue weighted by Gasteiger charge is 2.16. The van der Waals surface area contributed by atoms with Crippen LogP contribution in [-0.2, 0) is 6.54 Å². The van der Waals surface area contributed by atoms with Crippen LogP contribution in [0.1, 0.15) is 11.1 Å². The lowest BCUT2D eigenvalue weighted by atomic mass is 10.2. The Hall–Kier alpha value is -2.44. The number of nitro benzene ring substituents is 1. The first-order chi connectivity index (χ1) is 12.1. The zero-order valence-electron chi connectivity index (χ0n) is 13.7. The van der Waals surface area contributed by atoms with E-state index in [4.69, 9.17) is 11.6 Å². The Balaban J connectivity index is 1.50. The molecule has 25 heavy (non-hydrogen) atoms. The molecule has 7 heteroatoms. The van der Waals surface area contributed by atoms with Gasteiger partial charge in [0.2, 0.25) is 0 Å². The topological polar surface area (TPSA) is 62.0 Å². The Labute approximate surface area is 151 Å². The fourth-order valence-electron chi connectivity index (χ4n) is 2.71. The maximum Gasteiger partial charge on any atom is 0.269 e. The molecule has 1 heterocycles. The van der Waals surface area contributed by atoms with Crippen molar-refractivity contribution in [1.29, 1.82) is 0 Å². The summed E-state index contributed by atoms with van der Waals surface area (Å²) >= 11 is 6.22. The summed E-state index contributed by atoms with van der Waals surface area (Å²) in [4.78, 5) is 12.6. The highest BCUT2D eigenvalue weighted by Crippen LogP contribution is 2.18. The molecular weight excluding hydrogens is 340 g/mol. The summed E-state index contributed by atoms with van der Waals surface area (Å²) in [6.45, 7) is 4.37. The molecule has 0 amide bonds. The molecular formula is C18H19ClN4O2. The maximum atomic E-state index is 10.7. The Bertz CT molecular complexity index is 756. The van der Waals surface area contributed by atoms with Crippen molar-refractivity contribution < 1.29 is 4.92 Å². The minimum Gasteiger partial charge on any atom is -0.295 e. The van der Waals surface area contributed by atoms with Gasteiger partial charge in [-0.05, 0) is 29.3 Å². The number of hydrogen-bond acceptors (Lipinski definition) is 5. The minimum absolute atomic E-state index is 0.0883. The maximum absolute atomic E-state index is 10.7. The van der Waals surface area contributed by atoms with Crippen LogP contribution in [0.3, 0.4) is 0 Å². The quantitative estimate of drug-likeness (QED) is 0.467. The standard InChI is InChI=1S/C18H19ClN4O2/c19-18-4-2-1-3-16(18)14-21-9-11-22(12-10-21)20-13-15-5-7-17(8-6-15)23(24)25/h1-8,13H,9-12,14H2. The molecule has 0 unspecified atom stereocenters. The van der Waals surface area contributed by atoms with Gasteiger partial charge in [0.05, 0.1) is 11.1 Å². The van der Waals surface area contributed by atoms with Crippen LogP contribution in [0.25, 0.3) is 0 Å². The monoisotopic (exact) mass is 358 g/mol. The second kappa shape index (κ2) is 8.09. The van der Waals surface area contributed by atoms with Crippen molar-refractivity contribution in [2.24, 2.45) is 5.10 Å². The van der Waals surface area contributed by atoms with Crippen molar-refractivity contribution in [2.75, 3.05) is 26.2 Å². The summed E-state index contributed by atoms with van der Waals surface area (Å²) in [6, 6.07) is 14.3. The van der Waals surface area contributed by atoms with Crippen LogP contribution in [0.15, 0.2) is 53.6 Å². The van der Waals surface area contributed by atoms with Gasteiger partial charge in [-0.2, -0.15) is 5.10 Å². The Morgan fingerprint density at radius 3 is 2.40 bits per heavy atom. The lowest BCUT2D eigenvalue weighted by Gasteiger charge is -2.33. The molecule has 1 aliphatic heterocycles. The van der Waals surface area contributed by atoms with Crippen LogP contribution >= 0.6 is 11.6 Å². The Morgan fingerprint density at radius 2 is 1.76 bits per heavy atom. The van der Waals surface area contributed by atoms with E-state index in [0.717, 1.165) is 48.9 Å². The average Bonchev–Trinajstić information content (AvgIpc) is 2.63. The van der Waals surface area contributed by atoms with Gasteiger partial charge >= 0.3 is 0 Å². The summed E-state index contributed by atoms with van der Waals surface area (Å²) in [5.41, 5.74) is 2.08. The van der Waals surface area contributed by atoms with Crippen LogP contribution in [0.4, 0.5) is 5.69 Å². The number of benzene rings is 2. The van der Waals surface area contributed by atoms with Crippen molar-refractivity contribution in [3.8, 4) is 0 Å². The largest absolute Gasteiger partial charge is 0.295 e. The van der Waals surface area contributed by atoms with E-state index in [9.17, 15) is 10.1 Å². The second-order valence-electron chi connectivity index (χ2n) is 5.91. The SMILES string of the molecule is O=[N+]([O-])c1ccc(C=NN2CCN(Cc3ccccc3Cl)CC2)cc1. The normalized spacial score (nSPS) is 15.6. The van der Waals surface area contributed by atoms with Crippen molar-refractivity contribution in [3.63, 3.8) is 0 Å². The third-order valence-corrected chi connectivity index (χ3v) is 4.54. The molecule has 1 saturated heterocycles. The molecule has 0 N–H and O–H groups in total. The molecule has 2 aromatic rings. The number of halogens is 1. The zero-order valence-corrected chi connectivity index (χ0v) is 14.5. The van der Waals surface area contributed by atoms with Crippen LogP contribution < -0.4 is 0 Å². The zero-order chi connectivity index (χ0) is 17.6. The number of piperazine rings is 1. The van der Waals surface area contributed by atoms with Gasteiger partial charge in [-0.25, -0.2) is 0 Å². The van der Waals surface area contributed by atoms with Crippen LogP contribution in [0.5, 0.6) is 0 Å². The van der Waals surface area contributed by atoms with E-state index in [1.807, 2.05) is 23.2 Å². The lowest BCUT2D eigenvalue weighted by Crippen LogP contribution is -2.43.